The molecule has 1 saturated heterocycles. The Hall–Kier alpha value is -3.12. The molecule has 0 saturated carbocycles. The molecule has 6 nitrogen and oxygen atoms in total. The second kappa shape index (κ2) is 9.79. The van der Waals surface area contributed by atoms with E-state index in [2.05, 4.69) is 0 Å². The molecule has 1 amide bonds. The lowest BCUT2D eigenvalue weighted by Crippen LogP contribution is -2.31. The summed E-state index contributed by atoms with van der Waals surface area (Å²) in [5.74, 6) is -1.46. The van der Waals surface area contributed by atoms with E-state index in [9.17, 15) is 19.8 Å². The minimum atomic E-state index is -0.731. The Labute approximate surface area is 182 Å². The maximum atomic E-state index is 13.0. The summed E-state index contributed by atoms with van der Waals surface area (Å²) in [5.41, 5.74) is 2.30. The van der Waals surface area contributed by atoms with Crippen molar-refractivity contribution in [3.05, 3.63) is 70.8 Å². The normalized spacial score (nSPS) is 18.2. The number of hydrogen-bond acceptors (Lipinski definition) is 5. The zero-order valence-corrected chi connectivity index (χ0v) is 18.2. The van der Waals surface area contributed by atoms with Crippen LogP contribution in [0.2, 0.25) is 0 Å². The Balaban J connectivity index is 2.01. The number of phenolic OH excluding ortho intramolecular Hbond substituents is 1. The zero-order valence-electron chi connectivity index (χ0n) is 18.2. The van der Waals surface area contributed by atoms with Gasteiger partial charge in [-0.25, -0.2) is 0 Å². The number of ketones is 1. The molecule has 1 heterocycles. The van der Waals surface area contributed by atoms with Crippen molar-refractivity contribution in [2.45, 2.75) is 45.8 Å². The number of carbonyl (C=O) groups excluding carboxylic acids is 2. The number of aliphatic hydroxyl groups is 1. The maximum absolute atomic E-state index is 13.0. The van der Waals surface area contributed by atoms with Crippen LogP contribution in [0.4, 0.5) is 0 Å². The van der Waals surface area contributed by atoms with Gasteiger partial charge in [0.2, 0.25) is 0 Å². The van der Waals surface area contributed by atoms with Crippen LogP contribution in [0.5, 0.6) is 5.75 Å². The Morgan fingerprint density at radius 1 is 1.06 bits per heavy atom. The Bertz CT molecular complexity index is 960. The third kappa shape index (κ3) is 4.97. The lowest BCUT2D eigenvalue weighted by atomic mass is 9.95. The molecule has 1 unspecified atom stereocenters. The Kier molecular flexibility index (Phi) is 7.13. The van der Waals surface area contributed by atoms with Crippen LogP contribution in [0, 0.1) is 0 Å². The van der Waals surface area contributed by atoms with E-state index in [4.69, 9.17) is 4.74 Å². The van der Waals surface area contributed by atoms with Crippen molar-refractivity contribution < 1.29 is 24.5 Å². The number of aromatic hydroxyl groups is 1. The van der Waals surface area contributed by atoms with Gasteiger partial charge in [0.05, 0.1) is 17.7 Å². The highest BCUT2D eigenvalue weighted by molar-refractivity contribution is 6.46. The van der Waals surface area contributed by atoms with E-state index < -0.39 is 17.7 Å². The molecule has 3 rings (SSSR count). The van der Waals surface area contributed by atoms with E-state index in [0.717, 1.165) is 12.0 Å². The van der Waals surface area contributed by atoms with Gasteiger partial charge in [-0.15, -0.1) is 0 Å². The number of likely N-dealkylation sites (tertiary alicyclic amines) is 1. The summed E-state index contributed by atoms with van der Waals surface area (Å²) in [6.45, 7) is 6.68. The average molecular weight is 424 g/mol. The number of amides is 1. The number of phenols is 1. The molecular weight excluding hydrogens is 394 g/mol. The fourth-order valence-corrected chi connectivity index (χ4v) is 3.72. The second-order valence-electron chi connectivity index (χ2n) is 7.91. The SMILES string of the molecule is CCc1ccc(/C(O)=C2/C(=O)C(=O)N(CCCOC(C)C)C2c2ccc(O)cc2)cc1. The van der Waals surface area contributed by atoms with Gasteiger partial charge in [-0.05, 0) is 49.9 Å². The number of Topliss-reactive ketones (excluding diaryl/α,β-unsaturated/α-hetero) is 1. The molecule has 0 spiro atoms. The standard InChI is InChI=1S/C25H29NO5/c1-4-17-6-8-19(9-7-17)23(28)21-22(18-10-12-20(27)13-11-18)26(25(30)24(21)29)14-5-15-31-16(2)3/h6-13,16,22,27-28H,4-5,14-15H2,1-3H3/b23-21-. The number of nitrogens with zero attached hydrogens (tertiary/aromatic N) is 1. The number of carbonyl (C=O) groups is 2. The average Bonchev–Trinajstić information content (AvgIpc) is 3.01. The van der Waals surface area contributed by atoms with Crippen molar-refractivity contribution >= 4 is 17.4 Å². The maximum Gasteiger partial charge on any atom is 0.295 e. The summed E-state index contributed by atoms with van der Waals surface area (Å²) in [7, 11) is 0. The molecule has 0 aliphatic carbocycles. The first-order valence-electron chi connectivity index (χ1n) is 10.6. The van der Waals surface area contributed by atoms with Gasteiger partial charge in [0.15, 0.2) is 0 Å². The van der Waals surface area contributed by atoms with E-state index >= 15 is 0 Å². The fourth-order valence-electron chi connectivity index (χ4n) is 3.72. The molecule has 164 valence electrons. The first-order chi connectivity index (χ1) is 14.8. The van der Waals surface area contributed by atoms with E-state index in [-0.39, 0.29) is 23.2 Å². The summed E-state index contributed by atoms with van der Waals surface area (Å²) < 4.78 is 5.57. The van der Waals surface area contributed by atoms with E-state index in [0.29, 0.717) is 30.7 Å². The van der Waals surface area contributed by atoms with Gasteiger partial charge in [-0.3, -0.25) is 9.59 Å². The highest BCUT2D eigenvalue weighted by Gasteiger charge is 2.45. The molecule has 1 fully saturated rings. The van der Waals surface area contributed by atoms with Crippen molar-refractivity contribution in [2.24, 2.45) is 0 Å². The van der Waals surface area contributed by atoms with Crippen LogP contribution in [-0.4, -0.2) is 46.1 Å². The molecule has 0 aromatic heterocycles. The van der Waals surface area contributed by atoms with E-state index in [1.54, 1.807) is 24.3 Å². The first kappa shape index (κ1) is 22.6. The quantitative estimate of drug-likeness (QED) is 0.288. The number of aryl methyl sites for hydroxylation is 1. The smallest absolute Gasteiger partial charge is 0.295 e. The van der Waals surface area contributed by atoms with E-state index in [1.807, 2.05) is 32.9 Å². The third-order valence-corrected chi connectivity index (χ3v) is 5.38. The van der Waals surface area contributed by atoms with Gasteiger partial charge in [0.1, 0.15) is 11.5 Å². The van der Waals surface area contributed by atoms with Gasteiger partial charge in [-0.1, -0.05) is 43.3 Å². The minimum absolute atomic E-state index is 0.0599. The van der Waals surface area contributed by atoms with Gasteiger partial charge >= 0.3 is 0 Å². The molecule has 31 heavy (non-hydrogen) atoms. The van der Waals surface area contributed by atoms with Crippen LogP contribution >= 0.6 is 0 Å². The summed E-state index contributed by atoms with van der Waals surface area (Å²) in [6, 6.07) is 12.9. The minimum Gasteiger partial charge on any atom is -0.508 e. The molecule has 0 bridgehead atoms. The van der Waals surface area contributed by atoms with Gasteiger partial charge in [0, 0.05) is 18.7 Å². The first-order valence-corrected chi connectivity index (χ1v) is 10.6. The lowest BCUT2D eigenvalue weighted by molar-refractivity contribution is -0.140. The van der Waals surface area contributed by atoms with Crippen LogP contribution in [0.3, 0.4) is 0 Å². The van der Waals surface area contributed by atoms with Crippen molar-refractivity contribution in [2.75, 3.05) is 13.2 Å². The fraction of sp³-hybridized carbons (Fsp3) is 0.360. The van der Waals surface area contributed by atoms with Crippen molar-refractivity contribution in [1.29, 1.82) is 0 Å². The van der Waals surface area contributed by atoms with Gasteiger partial charge < -0.3 is 19.8 Å². The summed E-state index contributed by atoms with van der Waals surface area (Å²) in [4.78, 5) is 27.3. The molecule has 2 aromatic carbocycles. The van der Waals surface area contributed by atoms with Crippen molar-refractivity contribution in [1.82, 2.24) is 4.90 Å². The van der Waals surface area contributed by atoms with Crippen LogP contribution in [0.1, 0.15) is 49.9 Å². The number of ether oxygens (including phenoxy) is 1. The number of rotatable bonds is 8. The van der Waals surface area contributed by atoms with Gasteiger partial charge in [0.25, 0.3) is 11.7 Å². The summed E-state index contributed by atoms with van der Waals surface area (Å²) >= 11 is 0. The second-order valence-corrected chi connectivity index (χ2v) is 7.91. The van der Waals surface area contributed by atoms with Crippen LogP contribution in [0.15, 0.2) is 54.1 Å². The van der Waals surface area contributed by atoms with Crippen LogP contribution in [-0.2, 0) is 20.7 Å². The van der Waals surface area contributed by atoms with Crippen LogP contribution < -0.4 is 0 Å². The third-order valence-electron chi connectivity index (χ3n) is 5.38. The van der Waals surface area contributed by atoms with Crippen LogP contribution in [0.25, 0.3) is 5.76 Å². The Morgan fingerprint density at radius 3 is 2.29 bits per heavy atom. The van der Waals surface area contributed by atoms with Crippen molar-refractivity contribution in [3.8, 4) is 5.75 Å². The largest absolute Gasteiger partial charge is 0.508 e. The topological polar surface area (TPSA) is 87.1 Å². The molecule has 2 N–H and O–H groups in total. The van der Waals surface area contributed by atoms with E-state index in [1.165, 1.54) is 17.0 Å². The number of benzene rings is 2. The van der Waals surface area contributed by atoms with Gasteiger partial charge in [-0.2, -0.15) is 0 Å². The zero-order chi connectivity index (χ0) is 22.5. The monoisotopic (exact) mass is 423 g/mol. The predicted octanol–water partition coefficient (Wildman–Crippen LogP) is 4.19. The number of aliphatic hydroxyl groups excluding tert-OH is 1. The highest BCUT2D eigenvalue weighted by atomic mass is 16.5. The molecule has 1 aliphatic heterocycles. The number of hydrogen-bond donors (Lipinski definition) is 2. The molecular formula is C25H29NO5. The summed E-state index contributed by atoms with van der Waals surface area (Å²) in [6.07, 6.45) is 1.50. The lowest BCUT2D eigenvalue weighted by Gasteiger charge is -2.25. The van der Waals surface area contributed by atoms with Crippen molar-refractivity contribution in [3.63, 3.8) is 0 Å². The highest BCUT2D eigenvalue weighted by Crippen LogP contribution is 2.39. The molecule has 1 atom stereocenters. The molecule has 0 radical (unpaired) electrons. The molecule has 6 heteroatoms. The predicted molar refractivity (Wildman–Crippen MR) is 119 cm³/mol. The molecule has 1 aliphatic rings. The molecule has 2 aromatic rings. The summed E-state index contributed by atoms with van der Waals surface area (Å²) in [5, 5.41) is 20.7. The Morgan fingerprint density at radius 2 is 1.71 bits per heavy atom.